The highest BCUT2D eigenvalue weighted by molar-refractivity contribution is 7.99. The molecule has 5 heteroatoms. The summed E-state index contributed by atoms with van der Waals surface area (Å²) in [5.41, 5.74) is 6.32. The van der Waals surface area contributed by atoms with Gasteiger partial charge in [0.15, 0.2) is 0 Å². The Morgan fingerprint density at radius 3 is 3.12 bits per heavy atom. The van der Waals surface area contributed by atoms with Crippen LogP contribution in [0.5, 0.6) is 0 Å². The Kier molecular flexibility index (Phi) is 4.34. The minimum Gasteiger partial charge on any atom is -0.397 e. The first-order chi connectivity index (χ1) is 8.20. The van der Waals surface area contributed by atoms with Gasteiger partial charge in [0.2, 0.25) is 0 Å². The molecule has 1 aliphatic carbocycles. The number of nitrogens with two attached hydrogens (primary N) is 1. The first-order valence-electron chi connectivity index (χ1n) is 5.96. The first kappa shape index (κ1) is 12.8. The van der Waals surface area contributed by atoms with Crippen LogP contribution in [0.1, 0.15) is 35.9 Å². The molecule has 2 unspecified atom stereocenters. The van der Waals surface area contributed by atoms with Crippen molar-refractivity contribution in [3.8, 4) is 0 Å². The molecule has 0 bridgehead atoms. The maximum Gasteiger partial charge on any atom is 0.263 e. The standard InChI is InChI=1S/C12H18N2OS2/c1-2-16-9-4-3-8(7-9)14-12(15)11-10(13)5-6-17-11/h5-6,8-9H,2-4,7,13H2,1H3,(H,14,15). The zero-order valence-corrected chi connectivity index (χ0v) is 11.6. The third kappa shape index (κ3) is 3.16. The predicted molar refractivity (Wildman–Crippen MR) is 75.8 cm³/mol. The van der Waals surface area contributed by atoms with E-state index in [1.165, 1.54) is 17.8 Å². The van der Waals surface area contributed by atoms with E-state index in [0.29, 0.717) is 21.9 Å². The minimum atomic E-state index is -0.00958. The number of amides is 1. The van der Waals surface area contributed by atoms with Crippen LogP contribution in [0.2, 0.25) is 0 Å². The third-order valence-corrected chi connectivity index (χ3v) is 5.19. The molecule has 3 N–H and O–H groups in total. The molecule has 94 valence electrons. The van der Waals surface area contributed by atoms with Crippen molar-refractivity contribution in [2.75, 3.05) is 11.5 Å². The lowest BCUT2D eigenvalue weighted by Gasteiger charge is -2.12. The van der Waals surface area contributed by atoms with Gasteiger partial charge in [-0.1, -0.05) is 6.92 Å². The van der Waals surface area contributed by atoms with Gasteiger partial charge in [-0.05, 0) is 36.5 Å². The third-order valence-electron chi connectivity index (χ3n) is 3.02. The van der Waals surface area contributed by atoms with Crippen molar-refractivity contribution in [1.29, 1.82) is 0 Å². The maximum atomic E-state index is 12.0. The van der Waals surface area contributed by atoms with E-state index in [2.05, 4.69) is 12.2 Å². The fraction of sp³-hybridized carbons (Fsp3) is 0.583. The van der Waals surface area contributed by atoms with Crippen LogP contribution in [0.3, 0.4) is 0 Å². The highest BCUT2D eigenvalue weighted by Crippen LogP contribution is 2.30. The number of carbonyl (C=O) groups is 1. The molecule has 17 heavy (non-hydrogen) atoms. The van der Waals surface area contributed by atoms with Gasteiger partial charge in [0, 0.05) is 11.3 Å². The SMILES string of the molecule is CCSC1CCC(NC(=O)c2sccc2N)C1. The van der Waals surface area contributed by atoms with Gasteiger partial charge >= 0.3 is 0 Å². The molecule has 1 aromatic rings. The second kappa shape index (κ2) is 5.78. The number of carbonyl (C=O) groups excluding carboxylic acids is 1. The molecule has 3 nitrogen and oxygen atoms in total. The van der Waals surface area contributed by atoms with Gasteiger partial charge < -0.3 is 11.1 Å². The first-order valence-corrected chi connectivity index (χ1v) is 7.89. The summed E-state index contributed by atoms with van der Waals surface area (Å²) < 4.78 is 0. The Bertz CT molecular complexity index is 392. The number of thioether (sulfide) groups is 1. The van der Waals surface area contributed by atoms with Crippen LogP contribution in [0.4, 0.5) is 5.69 Å². The number of hydrogen-bond acceptors (Lipinski definition) is 4. The zero-order chi connectivity index (χ0) is 12.3. The Hall–Kier alpha value is -0.680. The monoisotopic (exact) mass is 270 g/mol. The van der Waals surface area contributed by atoms with E-state index >= 15 is 0 Å². The van der Waals surface area contributed by atoms with Crippen LogP contribution in [-0.2, 0) is 0 Å². The number of nitrogens with one attached hydrogen (secondary N) is 1. The van der Waals surface area contributed by atoms with Gasteiger partial charge in [0.05, 0.1) is 5.69 Å². The molecule has 0 saturated heterocycles. The lowest BCUT2D eigenvalue weighted by molar-refractivity contribution is 0.0943. The minimum absolute atomic E-state index is 0.00958. The molecular formula is C12H18N2OS2. The van der Waals surface area contributed by atoms with Crippen LogP contribution >= 0.6 is 23.1 Å². The summed E-state index contributed by atoms with van der Waals surface area (Å²) in [5.74, 6) is 1.15. The summed E-state index contributed by atoms with van der Waals surface area (Å²) in [6.45, 7) is 2.18. The largest absolute Gasteiger partial charge is 0.397 e. The summed E-state index contributed by atoms with van der Waals surface area (Å²) in [7, 11) is 0. The van der Waals surface area contributed by atoms with Crippen molar-refractivity contribution >= 4 is 34.7 Å². The molecule has 0 aliphatic heterocycles. The molecule has 1 heterocycles. The topological polar surface area (TPSA) is 55.1 Å². The normalized spacial score (nSPS) is 23.8. The number of nitrogen functional groups attached to an aromatic ring is 1. The van der Waals surface area contributed by atoms with Gasteiger partial charge in [-0.3, -0.25) is 4.79 Å². The summed E-state index contributed by atoms with van der Waals surface area (Å²) in [6.07, 6.45) is 3.40. The molecule has 1 aromatic heterocycles. The van der Waals surface area contributed by atoms with Gasteiger partial charge in [-0.25, -0.2) is 0 Å². The van der Waals surface area contributed by atoms with Crippen molar-refractivity contribution in [1.82, 2.24) is 5.32 Å². The second-order valence-electron chi connectivity index (χ2n) is 4.27. The Morgan fingerprint density at radius 1 is 1.65 bits per heavy atom. The molecule has 1 amide bonds. The van der Waals surface area contributed by atoms with Crippen molar-refractivity contribution in [2.45, 2.75) is 37.5 Å². The average Bonchev–Trinajstić information content (AvgIpc) is 2.88. The van der Waals surface area contributed by atoms with Crippen LogP contribution in [-0.4, -0.2) is 23.0 Å². The van der Waals surface area contributed by atoms with Gasteiger partial charge in [0.25, 0.3) is 5.91 Å². The van der Waals surface area contributed by atoms with Crippen molar-refractivity contribution < 1.29 is 4.79 Å². The molecule has 0 radical (unpaired) electrons. The number of thiophene rings is 1. The molecule has 0 aromatic carbocycles. The average molecular weight is 270 g/mol. The smallest absolute Gasteiger partial charge is 0.263 e. The Morgan fingerprint density at radius 2 is 2.47 bits per heavy atom. The maximum absolute atomic E-state index is 12.0. The highest BCUT2D eigenvalue weighted by Gasteiger charge is 2.26. The quantitative estimate of drug-likeness (QED) is 0.884. The van der Waals surface area contributed by atoms with Crippen molar-refractivity contribution in [3.63, 3.8) is 0 Å². The lowest BCUT2D eigenvalue weighted by Crippen LogP contribution is -2.32. The lowest BCUT2D eigenvalue weighted by atomic mass is 10.2. The van der Waals surface area contributed by atoms with E-state index in [-0.39, 0.29) is 5.91 Å². The summed E-state index contributed by atoms with van der Waals surface area (Å²) in [4.78, 5) is 12.6. The molecule has 1 aliphatic rings. The van der Waals surface area contributed by atoms with E-state index in [4.69, 9.17) is 5.73 Å². The van der Waals surface area contributed by atoms with Gasteiger partial charge in [-0.15, -0.1) is 11.3 Å². The fourth-order valence-electron chi connectivity index (χ4n) is 2.21. The summed E-state index contributed by atoms with van der Waals surface area (Å²) in [5, 5.41) is 5.66. The van der Waals surface area contributed by atoms with Crippen molar-refractivity contribution in [2.24, 2.45) is 0 Å². The molecule has 1 saturated carbocycles. The van der Waals surface area contributed by atoms with Crippen LogP contribution in [0.15, 0.2) is 11.4 Å². The van der Waals surface area contributed by atoms with E-state index in [1.54, 1.807) is 6.07 Å². The van der Waals surface area contributed by atoms with Crippen LogP contribution in [0.25, 0.3) is 0 Å². The number of hydrogen-bond donors (Lipinski definition) is 2. The molecular weight excluding hydrogens is 252 g/mol. The fourth-order valence-corrected chi connectivity index (χ4v) is 4.08. The van der Waals surface area contributed by atoms with E-state index in [1.807, 2.05) is 17.1 Å². The van der Waals surface area contributed by atoms with E-state index in [9.17, 15) is 4.79 Å². The van der Waals surface area contributed by atoms with Gasteiger partial charge in [0.1, 0.15) is 4.88 Å². The zero-order valence-electron chi connectivity index (χ0n) is 9.94. The Labute approximate surface area is 110 Å². The number of anilines is 1. The molecule has 2 rings (SSSR count). The van der Waals surface area contributed by atoms with E-state index in [0.717, 1.165) is 18.6 Å². The van der Waals surface area contributed by atoms with Gasteiger partial charge in [-0.2, -0.15) is 11.8 Å². The predicted octanol–water partition coefficient (Wildman–Crippen LogP) is 2.73. The summed E-state index contributed by atoms with van der Waals surface area (Å²) >= 11 is 3.41. The molecule has 2 atom stereocenters. The van der Waals surface area contributed by atoms with Crippen molar-refractivity contribution in [3.05, 3.63) is 16.3 Å². The van der Waals surface area contributed by atoms with Crippen LogP contribution < -0.4 is 11.1 Å². The molecule has 1 fully saturated rings. The summed E-state index contributed by atoms with van der Waals surface area (Å²) in [6, 6.07) is 2.11. The molecule has 0 spiro atoms. The van der Waals surface area contributed by atoms with Crippen LogP contribution in [0, 0.1) is 0 Å². The van der Waals surface area contributed by atoms with E-state index < -0.39 is 0 Å². The highest BCUT2D eigenvalue weighted by atomic mass is 32.2. The Balaban J connectivity index is 1.86. The number of rotatable bonds is 4. The second-order valence-corrected chi connectivity index (χ2v) is 6.76.